The number of amides is 2. The van der Waals surface area contributed by atoms with Gasteiger partial charge in [0.25, 0.3) is 0 Å². The molecule has 2 heterocycles. The van der Waals surface area contributed by atoms with Gasteiger partial charge < -0.3 is 19.7 Å². The van der Waals surface area contributed by atoms with Gasteiger partial charge in [0.05, 0.1) is 26.0 Å². The van der Waals surface area contributed by atoms with Gasteiger partial charge in [-0.3, -0.25) is 4.90 Å². The fourth-order valence-electron chi connectivity index (χ4n) is 3.64. The van der Waals surface area contributed by atoms with Gasteiger partial charge in [0, 0.05) is 32.7 Å². The summed E-state index contributed by atoms with van der Waals surface area (Å²) in [7, 11) is 1.63. The molecule has 0 spiro atoms. The number of methoxy groups -OCH3 is 1. The third-order valence-electron chi connectivity index (χ3n) is 5.02. The molecule has 2 aliphatic rings. The number of hydrogen-bond acceptors (Lipinski definition) is 4. The van der Waals surface area contributed by atoms with Crippen LogP contribution in [0, 0.1) is 12.8 Å². The van der Waals surface area contributed by atoms with Crippen LogP contribution >= 0.6 is 0 Å². The van der Waals surface area contributed by atoms with Crippen molar-refractivity contribution < 1.29 is 14.3 Å². The van der Waals surface area contributed by atoms with Crippen LogP contribution in [0.3, 0.4) is 0 Å². The first kappa shape index (κ1) is 18.0. The minimum Gasteiger partial charge on any atom is -0.495 e. The minimum absolute atomic E-state index is 0.0335. The average Bonchev–Trinajstić information content (AvgIpc) is 2.64. The highest BCUT2D eigenvalue weighted by Gasteiger charge is 2.26. The zero-order chi connectivity index (χ0) is 17.6. The van der Waals surface area contributed by atoms with E-state index in [2.05, 4.69) is 10.2 Å². The van der Waals surface area contributed by atoms with Crippen molar-refractivity contribution in [1.82, 2.24) is 9.80 Å². The molecule has 0 aromatic heterocycles. The topological polar surface area (TPSA) is 54.0 Å². The van der Waals surface area contributed by atoms with E-state index in [0.717, 1.165) is 63.6 Å². The van der Waals surface area contributed by atoms with Gasteiger partial charge in [-0.05, 0) is 43.4 Å². The summed E-state index contributed by atoms with van der Waals surface area (Å²) in [4.78, 5) is 17.1. The van der Waals surface area contributed by atoms with Crippen LogP contribution < -0.4 is 10.1 Å². The minimum atomic E-state index is -0.0335. The number of rotatable bonds is 4. The summed E-state index contributed by atoms with van der Waals surface area (Å²) in [5.41, 5.74) is 1.84. The highest BCUT2D eigenvalue weighted by Crippen LogP contribution is 2.26. The standard InChI is InChI=1S/C19H29N3O3/c1-15-5-6-17(18(12-15)24-2)20-19(23)22-7-3-4-16(14-22)13-21-8-10-25-11-9-21/h5-6,12,16H,3-4,7-11,13-14H2,1-2H3,(H,20,23). The van der Waals surface area contributed by atoms with Crippen molar-refractivity contribution in [1.29, 1.82) is 0 Å². The SMILES string of the molecule is COc1cc(C)ccc1NC(=O)N1CCCC(CN2CCOCC2)C1. The van der Waals surface area contributed by atoms with Crippen LogP contribution in [-0.4, -0.2) is 68.9 Å². The molecule has 1 unspecified atom stereocenters. The second kappa shape index (κ2) is 8.54. The average molecular weight is 347 g/mol. The van der Waals surface area contributed by atoms with Crippen molar-refractivity contribution in [3.63, 3.8) is 0 Å². The number of likely N-dealkylation sites (tertiary alicyclic amines) is 1. The Morgan fingerprint density at radius 1 is 1.32 bits per heavy atom. The largest absolute Gasteiger partial charge is 0.495 e. The number of carbonyl (C=O) groups is 1. The van der Waals surface area contributed by atoms with E-state index in [1.165, 1.54) is 6.42 Å². The van der Waals surface area contributed by atoms with E-state index in [0.29, 0.717) is 11.7 Å². The molecule has 0 aliphatic carbocycles. The van der Waals surface area contributed by atoms with Crippen molar-refractivity contribution in [3.05, 3.63) is 23.8 Å². The molecule has 1 atom stereocenters. The lowest BCUT2D eigenvalue weighted by Crippen LogP contribution is -2.47. The zero-order valence-electron chi connectivity index (χ0n) is 15.3. The molecule has 6 heteroatoms. The summed E-state index contributed by atoms with van der Waals surface area (Å²) in [6.45, 7) is 8.35. The second-order valence-corrected chi connectivity index (χ2v) is 7.00. The molecule has 0 saturated carbocycles. The fourth-order valence-corrected chi connectivity index (χ4v) is 3.64. The number of anilines is 1. The summed E-state index contributed by atoms with van der Waals surface area (Å²) in [6, 6.07) is 5.79. The molecule has 1 aromatic rings. The normalized spacial score (nSPS) is 21.8. The predicted molar refractivity (Wildman–Crippen MR) is 98.3 cm³/mol. The number of urea groups is 1. The van der Waals surface area contributed by atoms with E-state index in [1.54, 1.807) is 7.11 Å². The first-order chi connectivity index (χ1) is 12.2. The van der Waals surface area contributed by atoms with Gasteiger partial charge in [-0.15, -0.1) is 0 Å². The first-order valence-corrected chi connectivity index (χ1v) is 9.16. The fraction of sp³-hybridized carbons (Fsp3) is 0.632. The molecule has 25 heavy (non-hydrogen) atoms. The van der Waals surface area contributed by atoms with E-state index in [9.17, 15) is 4.79 Å². The van der Waals surface area contributed by atoms with Crippen molar-refractivity contribution >= 4 is 11.7 Å². The monoisotopic (exact) mass is 347 g/mol. The van der Waals surface area contributed by atoms with Crippen LogP contribution in [0.1, 0.15) is 18.4 Å². The highest BCUT2D eigenvalue weighted by molar-refractivity contribution is 5.91. The second-order valence-electron chi connectivity index (χ2n) is 7.00. The number of benzene rings is 1. The van der Waals surface area contributed by atoms with Crippen molar-refractivity contribution in [2.45, 2.75) is 19.8 Å². The third-order valence-corrected chi connectivity index (χ3v) is 5.02. The van der Waals surface area contributed by atoms with Crippen LogP contribution in [-0.2, 0) is 4.74 Å². The molecule has 3 rings (SSSR count). The number of nitrogens with one attached hydrogen (secondary N) is 1. The molecule has 2 amide bonds. The predicted octanol–water partition coefficient (Wildman–Crippen LogP) is 2.58. The number of nitrogens with zero attached hydrogens (tertiary/aromatic N) is 2. The molecule has 2 saturated heterocycles. The van der Waals surface area contributed by atoms with Crippen LogP contribution in [0.4, 0.5) is 10.5 Å². The van der Waals surface area contributed by atoms with Crippen LogP contribution in [0.25, 0.3) is 0 Å². The molecule has 1 aromatic carbocycles. The smallest absolute Gasteiger partial charge is 0.321 e. The Kier molecular flexibility index (Phi) is 6.15. The van der Waals surface area contributed by atoms with Crippen molar-refractivity contribution in [2.75, 3.05) is 58.4 Å². The number of hydrogen-bond donors (Lipinski definition) is 1. The summed E-state index contributed by atoms with van der Waals surface area (Å²) < 4.78 is 10.8. The molecule has 6 nitrogen and oxygen atoms in total. The summed E-state index contributed by atoms with van der Waals surface area (Å²) in [6.07, 6.45) is 2.25. The van der Waals surface area contributed by atoms with Gasteiger partial charge in [0.1, 0.15) is 5.75 Å². The van der Waals surface area contributed by atoms with Gasteiger partial charge in [0.2, 0.25) is 0 Å². The van der Waals surface area contributed by atoms with Gasteiger partial charge in [0.15, 0.2) is 0 Å². The molecule has 0 radical (unpaired) electrons. The third kappa shape index (κ3) is 4.86. The van der Waals surface area contributed by atoms with Gasteiger partial charge in [-0.1, -0.05) is 6.07 Å². The van der Waals surface area contributed by atoms with Crippen molar-refractivity contribution in [3.8, 4) is 5.75 Å². The number of morpholine rings is 1. The van der Waals surface area contributed by atoms with E-state index in [1.807, 2.05) is 30.0 Å². The Bertz CT molecular complexity index is 587. The lowest BCUT2D eigenvalue weighted by atomic mass is 9.97. The maximum Gasteiger partial charge on any atom is 0.321 e. The van der Waals surface area contributed by atoms with Gasteiger partial charge in [-0.2, -0.15) is 0 Å². The number of carbonyl (C=O) groups excluding carboxylic acids is 1. The summed E-state index contributed by atoms with van der Waals surface area (Å²) in [5.74, 6) is 1.24. The van der Waals surface area contributed by atoms with E-state index < -0.39 is 0 Å². The van der Waals surface area contributed by atoms with E-state index >= 15 is 0 Å². The molecule has 1 N–H and O–H groups in total. The summed E-state index contributed by atoms with van der Waals surface area (Å²) in [5, 5.41) is 3.01. The maximum absolute atomic E-state index is 12.7. The molecule has 0 bridgehead atoms. The number of aryl methyl sites for hydroxylation is 1. The number of piperidine rings is 1. The van der Waals surface area contributed by atoms with Crippen LogP contribution in [0.15, 0.2) is 18.2 Å². The zero-order valence-corrected chi connectivity index (χ0v) is 15.3. The lowest BCUT2D eigenvalue weighted by Gasteiger charge is -2.36. The molecular weight excluding hydrogens is 318 g/mol. The Morgan fingerprint density at radius 2 is 2.12 bits per heavy atom. The Morgan fingerprint density at radius 3 is 2.88 bits per heavy atom. The Labute approximate surface area is 150 Å². The Balaban J connectivity index is 1.56. The lowest BCUT2D eigenvalue weighted by molar-refractivity contribution is 0.0252. The molecule has 2 fully saturated rings. The van der Waals surface area contributed by atoms with Gasteiger partial charge in [-0.25, -0.2) is 4.79 Å². The highest BCUT2D eigenvalue weighted by atomic mass is 16.5. The molecular formula is C19H29N3O3. The first-order valence-electron chi connectivity index (χ1n) is 9.16. The van der Waals surface area contributed by atoms with Crippen LogP contribution in [0.2, 0.25) is 0 Å². The number of ether oxygens (including phenoxy) is 2. The quantitative estimate of drug-likeness (QED) is 0.910. The Hall–Kier alpha value is -1.79. The van der Waals surface area contributed by atoms with Crippen molar-refractivity contribution in [2.24, 2.45) is 5.92 Å². The van der Waals surface area contributed by atoms with Gasteiger partial charge >= 0.3 is 6.03 Å². The van der Waals surface area contributed by atoms with E-state index in [4.69, 9.17) is 9.47 Å². The molecule has 2 aliphatic heterocycles. The van der Waals surface area contributed by atoms with Crippen LogP contribution in [0.5, 0.6) is 5.75 Å². The van der Waals surface area contributed by atoms with E-state index in [-0.39, 0.29) is 6.03 Å². The summed E-state index contributed by atoms with van der Waals surface area (Å²) >= 11 is 0. The maximum atomic E-state index is 12.7. The molecule has 138 valence electrons.